The second-order valence-electron chi connectivity index (χ2n) is 6.03. The Balaban J connectivity index is 1.59. The van der Waals surface area contributed by atoms with Crippen LogP contribution in [0.2, 0.25) is 0 Å². The standard InChI is InChI=1S/C18H22N2O2S/c1-12-5-6-15-13(2)9-18(20-16(15)8-12)23-11-17(21)19-10-14-4-3-7-22-14/h5-6,8-9,14H,3-4,7,10-11H2,1-2H3,(H,19,21)/t14-/m0/s1. The number of aromatic nitrogens is 1. The van der Waals surface area contributed by atoms with Crippen LogP contribution in [-0.4, -0.2) is 35.9 Å². The molecule has 1 aliphatic heterocycles. The summed E-state index contributed by atoms with van der Waals surface area (Å²) < 4.78 is 5.51. The van der Waals surface area contributed by atoms with E-state index in [0.29, 0.717) is 12.3 Å². The SMILES string of the molecule is Cc1ccc2c(C)cc(SCC(=O)NC[C@@H]3CCCO3)nc2c1. The van der Waals surface area contributed by atoms with Crippen molar-refractivity contribution in [1.29, 1.82) is 0 Å². The molecule has 2 aromatic rings. The van der Waals surface area contributed by atoms with E-state index < -0.39 is 0 Å². The average Bonchev–Trinajstić information content (AvgIpc) is 3.04. The van der Waals surface area contributed by atoms with Gasteiger partial charge in [0, 0.05) is 18.5 Å². The number of fused-ring (bicyclic) bond motifs is 1. The van der Waals surface area contributed by atoms with Gasteiger partial charge in [0.05, 0.1) is 22.4 Å². The van der Waals surface area contributed by atoms with E-state index in [0.717, 1.165) is 30.0 Å². The zero-order chi connectivity index (χ0) is 16.2. The molecule has 1 fully saturated rings. The van der Waals surface area contributed by atoms with Crippen LogP contribution in [0.5, 0.6) is 0 Å². The van der Waals surface area contributed by atoms with Crippen LogP contribution < -0.4 is 5.32 Å². The summed E-state index contributed by atoms with van der Waals surface area (Å²) in [5, 5.41) is 5.01. The fourth-order valence-electron chi connectivity index (χ4n) is 2.78. The molecule has 23 heavy (non-hydrogen) atoms. The van der Waals surface area contributed by atoms with Crippen molar-refractivity contribution in [3.05, 3.63) is 35.4 Å². The summed E-state index contributed by atoms with van der Waals surface area (Å²) >= 11 is 1.48. The van der Waals surface area contributed by atoms with Gasteiger partial charge in [-0.3, -0.25) is 4.79 Å². The Hall–Kier alpha value is -1.59. The molecule has 2 heterocycles. The quantitative estimate of drug-likeness (QED) is 0.855. The van der Waals surface area contributed by atoms with Gasteiger partial charge in [-0.15, -0.1) is 0 Å². The molecule has 0 bridgehead atoms. The minimum absolute atomic E-state index is 0.0364. The molecule has 0 radical (unpaired) electrons. The molecular formula is C18H22N2O2S. The molecule has 0 spiro atoms. The third kappa shape index (κ3) is 4.24. The normalized spacial score (nSPS) is 17.6. The molecule has 1 aliphatic rings. The Morgan fingerprint density at radius 3 is 3.04 bits per heavy atom. The molecule has 122 valence electrons. The van der Waals surface area contributed by atoms with E-state index in [1.165, 1.54) is 28.3 Å². The first kappa shape index (κ1) is 16.3. The molecule has 1 atom stereocenters. The second-order valence-corrected chi connectivity index (χ2v) is 7.02. The first-order chi connectivity index (χ1) is 11.1. The molecular weight excluding hydrogens is 308 g/mol. The second kappa shape index (κ2) is 7.32. The highest BCUT2D eigenvalue weighted by Crippen LogP contribution is 2.24. The highest BCUT2D eigenvalue weighted by atomic mass is 32.2. The summed E-state index contributed by atoms with van der Waals surface area (Å²) in [6.07, 6.45) is 2.32. The number of rotatable bonds is 5. The Kier molecular flexibility index (Phi) is 5.18. The third-order valence-electron chi connectivity index (χ3n) is 4.05. The first-order valence-corrected chi connectivity index (χ1v) is 8.99. The zero-order valence-electron chi connectivity index (χ0n) is 13.6. The highest BCUT2D eigenvalue weighted by Gasteiger charge is 2.16. The van der Waals surface area contributed by atoms with Crippen LogP contribution in [-0.2, 0) is 9.53 Å². The van der Waals surface area contributed by atoms with Crippen molar-refractivity contribution in [2.24, 2.45) is 0 Å². The van der Waals surface area contributed by atoms with Crippen molar-refractivity contribution >= 4 is 28.6 Å². The van der Waals surface area contributed by atoms with Gasteiger partial charge in [0.25, 0.3) is 0 Å². The molecule has 5 heteroatoms. The number of carbonyl (C=O) groups excluding carboxylic acids is 1. The number of hydrogen-bond donors (Lipinski definition) is 1. The number of carbonyl (C=O) groups is 1. The van der Waals surface area contributed by atoms with Crippen molar-refractivity contribution in [2.75, 3.05) is 18.9 Å². The van der Waals surface area contributed by atoms with Crippen LogP contribution >= 0.6 is 11.8 Å². The molecule has 1 amide bonds. The zero-order valence-corrected chi connectivity index (χ0v) is 14.4. The van der Waals surface area contributed by atoms with Gasteiger partial charge < -0.3 is 10.1 Å². The lowest BCUT2D eigenvalue weighted by Crippen LogP contribution is -2.32. The summed E-state index contributed by atoms with van der Waals surface area (Å²) in [5.74, 6) is 0.422. The molecule has 0 aliphatic carbocycles. The Bertz CT molecular complexity index is 711. The van der Waals surface area contributed by atoms with Crippen molar-refractivity contribution in [1.82, 2.24) is 10.3 Å². The Labute approximate surface area is 141 Å². The lowest BCUT2D eigenvalue weighted by atomic mass is 10.1. The van der Waals surface area contributed by atoms with Gasteiger partial charge in [-0.05, 0) is 49.9 Å². The molecule has 1 saturated heterocycles. The summed E-state index contributed by atoms with van der Waals surface area (Å²) in [4.78, 5) is 16.6. The van der Waals surface area contributed by atoms with Gasteiger partial charge in [-0.25, -0.2) is 4.98 Å². The number of nitrogens with one attached hydrogen (secondary N) is 1. The molecule has 1 aromatic heterocycles. The molecule has 1 aromatic carbocycles. The molecule has 3 rings (SSSR count). The van der Waals surface area contributed by atoms with Gasteiger partial charge in [0.1, 0.15) is 0 Å². The Morgan fingerprint density at radius 2 is 2.26 bits per heavy atom. The number of ether oxygens (including phenoxy) is 1. The summed E-state index contributed by atoms with van der Waals surface area (Å²) in [7, 11) is 0. The van der Waals surface area contributed by atoms with E-state index in [4.69, 9.17) is 4.74 Å². The smallest absolute Gasteiger partial charge is 0.230 e. The van der Waals surface area contributed by atoms with E-state index in [1.54, 1.807) is 0 Å². The number of aryl methyl sites for hydroxylation is 2. The minimum Gasteiger partial charge on any atom is -0.376 e. The van der Waals surface area contributed by atoms with Crippen molar-refractivity contribution in [3.8, 4) is 0 Å². The molecule has 0 unspecified atom stereocenters. The summed E-state index contributed by atoms with van der Waals surface area (Å²) in [6, 6.07) is 8.34. The van der Waals surface area contributed by atoms with Crippen LogP contribution in [0, 0.1) is 13.8 Å². The van der Waals surface area contributed by atoms with Crippen LogP contribution in [0.4, 0.5) is 0 Å². The third-order valence-corrected chi connectivity index (χ3v) is 4.96. The van der Waals surface area contributed by atoms with Crippen molar-refractivity contribution in [3.63, 3.8) is 0 Å². The van der Waals surface area contributed by atoms with Gasteiger partial charge >= 0.3 is 0 Å². The number of amides is 1. The van der Waals surface area contributed by atoms with Crippen molar-refractivity contribution in [2.45, 2.75) is 37.8 Å². The van der Waals surface area contributed by atoms with Crippen LogP contribution in [0.25, 0.3) is 10.9 Å². The van der Waals surface area contributed by atoms with Gasteiger partial charge in [0.15, 0.2) is 0 Å². The summed E-state index contributed by atoms with van der Waals surface area (Å²) in [5.41, 5.74) is 3.38. The van der Waals surface area contributed by atoms with Crippen LogP contribution in [0.1, 0.15) is 24.0 Å². The molecule has 1 N–H and O–H groups in total. The van der Waals surface area contributed by atoms with Crippen LogP contribution in [0.15, 0.2) is 29.3 Å². The fourth-order valence-corrected chi connectivity index (χ4v) is 3.58. The first-order valence-electron chi connectivity index (χ1n) is 8.01. The average molecular weight is 330 g/mol. The predicted molar refractivity (Wildman–Crippen MR) is 93.9 cm³/mol. The topological polar surface area (TPSA) is 51.2 Å². The van der Waals surface area contributed by atoms with E-state index in [-0.39, 0.29) is 12.0 Å². The minimum atomic E-state index is 0.0364. The number of thioether (sulfide) groups is 1. The molecule has 4 nitrogen and oxygen atoms in total. The van der Waals surface area contributed by atoms with Gasteiger partial charge in [-0.2, -0.15) is 0 Å². The predicted octanol–water partition coefficient (Wildman–Crippen LogP) is 3.24. The summed E-state index contributed by atoms with van der Waals surface area (Å²) in [6.45, 7) is 5.58. The largest absolute Gasteiger partial charge is 0.376 e. The van der Waals surface area contributed by atoms with Crippen LogP contribution in [0.3, 0.4) is 0 Å². The van der Waals surface area contributed by atoms with E-state index in [9.17, 15) is 4.79 Å². The number of hydrogen-bond acceptors (Lipinski definition) is 4. The lowest BCUT2D eigenvalue weighted by Gasteiger charge is -2.11. The number of nitrogens with zero attached hydrogens (tertiary/aromatic N) is 1. The highest BCUT2D eigenvalue weighted by molar-refractivity contribution is 7.99. The maximum absolute atomic E-state index is 12.0. The van der Waals surface area contributed by atoms with E-state index in [1.807, 2.05) is 0 Å². The number of benzene rings is 1. The maximum Gasteiger partial charge on any atom is 0.230 e. The van der Waals surface area contributed by atoms with E-state index in [2.05, 4.69) is 48.4 Å². The molecule has 0 saturated carbocycles. The monoisotopic (exact) mass is 330 g/mol. The van der Waals surface area contributed by atoms with Gasteiger partial charge in [-0.1, -0.05) is 23.9 Å². The Morgan fingerprint density at radius 1 is 1.39 bits per heavy atom. The van der Waals surface area contributed by atoms with Gasteiger partial charge in [0.2, 0.25) is 5.91 Å². The maximum atomic E-state index is 12.0. The number of pyridine rings is 1. The lowest BCUT2D eigenvalue weighted by molar-refractivity contribution is -0.119. The fraction of sp³-hybridized carbons (Fsp3) is 0.444. The van der Waals surface area contributed by atoms with E-state index >= 15 is 0 Å². The van der Waals surface area contributed by atoms with Crippen molar-refractivity contribution < 1.29 is 9.53 Å².